The van der Waals surface area contributed by atoms with Gasteiger partial charge in [0.25, 0.3) is 0 Å². The average Bonchev–Trinajstić information content (AvgIpc) is 3.05. The van der Waals surface area contributed by atoms with Crippen LogP contribution in [0, 0.1) is 23.7 Å². The summed E-state index contributed by atoms with van der Waals surface area (Å²) in [6, 6.07) is 0. The van der Waals surface area contributed by atoms with E-state index in [2.05, 4.69) is 10.2 Å². The Bertz CT molecular complexity index is 333. The zero-order valence-electron chi connectivity index (χ0n) is 9.86. The van der Waals surface area contributed by atoms with E-state index in [-0.39, 0.29) is 0 Å². The first-order chi connectivity index (χ1) is 7.88. The molecule has 0 aromatic rings. The molecule has 0 aromatic heterocycles. The second-order valence-electron chi connectivity index (χ2n) is 6.34. The summed E-state index contributed by atoms with van der Waals surface area (Å²) in [4.78, 5) is 0. The van der Waals surface area contributed by atoms with Gasteiger partial charge < -0.3 is 0 Å². The molecule has 4 atom stereocenters. The molecule has 0 saturated heterocycles. The normalized spacial score (nSPS) is 50.0. The SMILES string of the molecule is C1CC2CC1CC2=NN=C1CC2CCC1C2. The van der Waals surface area contributed by atoms with Gasteiger partial charge in [-0.05, 0) is 75.0 Å². The van der Waals surface area contributed by atoms with Crippen LogP contribution in [0.3, 0.4) is 0 Å². The van der Waals surface area contributed by atoms with Gasteiger partial charge in [0.1, 0.15) is 0 Å². The van der Waals surface area contributed by atoms with Gasteiger partial charge in [-0.2, -0.15) is 10.2 Å². The van der Waals surface area contributed by atoms with Crippen molar-refractivity contribution in [3.63, 3.8) is 0 Å². The molecule has 0 aliphatic heterocycles. The maximum absolute atomic E-state index is 4.61. The van der Waals surface area contributed by atoms with Crippen LogP contribution in [0.15, 0.2) is 10.2 Å². The highest BCUT2D eigenvalue weighted by Crippen LogP contribution is 2.44. The maximum atomic E-state index is 4.61. The highest BCUT2D eigenvalue weighted by Gasteiger charge is 2.38. The molecular formula is C14H20N2. The largest absolute Gasteiger partial charge is 0.160 e. The molecule has 0 heterocycles. The second kappa shape index (κ2) is 3.41. The molecule has 0 N–H and O–H groups in total. The molecule has 4 bridgehead atoms. The van der Waals surface area contributed by atoms with Crippen molar-refractivity contribution in [2.24, 2.45) is 33.9 Å². The molecule has 4 saturated carbocycles. The van der Waals surface area contributed by atoms with Crippen molar-refractivity contribution in [3.8, 4) is 0 Å². The fourth-order valence-electron chi connectivity index (χ4n) is 4.42. The minimum absolute atomic E-state index is 0.813. The summed E-state index contributed by atoms with van der Waals surface area (Å²) in [7, 11) is 0. The Balaban J connectivity index is 1.52. The fourth-order valence-corrected chi connectivity index (χ4v) is 4.42. The minimum Gasteiger partial charge on any atom is -0.160 e. The van der Waals surface area contributed by atoms with Gasteiger partial charge in [0, 0.05) is 11.4 Å². The Morgan fingerprint density at radius 3 is 1.50 bits per heavy atom. The molecule has 16 heavy (non-hydrogen) atoms. The average molecular weight is 216 g/mol. The first kappa shape index (κ1) is 9.38. The molecule has 4 aliphatic rings. The Labute approximate surface area is 97.2 Å². The molecule has 4 fully saturated rings. The van der Waals surface area contributed by atoms with Gasteiger partial charge >= 0.3 is 0 Å². The van der Waals surface area contributed by atoms with Crippen LogP contribution in [0.4, 0.5) is 0 Å². The van der Waals surface area contributed by atoms with E-state index in [1.807, 2.05) is 0 Å². The van der Waals surface area contributed by atoms with Crippen LogP contribution in [-0.2, 0) is 0 Å². The topological polar surface area (TPSA) is 24.7 Å². The van der Waals surface area contributed by atoms with Crippen LogP contribution >= 0.6 is 0 Å². The van der Waals surface area contributed by atoms with Gasteiger partial charge in [0.2, 0.25) is 0 Å². The summed E-state index contributed by atoms with van der Waals surface area (Å²) >= 11 is 0. The zero-order chi connectivity index (χ0) is 10.5. The lowest BCUT2D eigenvalue weighted by Gasteiger charge is -2.12. The van der Waals surface area contributed by atoms with Gasteiger partial charge in [-0.15, -0.1) is 0 Å². The molecule has 0 aromatic carbocycles. The summed E-state index contributed by atoms with van der Waals surface area (Å²) in [5.41, 5.74) is 2.87. The summed E-state index contributed by atoms with van der Waals surface area (Å²) < 4.78 is 0. The van der Waals surface area contributed by atoms with Crippen molar-refractivity contribution >= 4 is 11.4 Å². The van der Waals surface area contributed by atoms with Crippen molar-refractivity contribution in [2.45, 2.75) is 51.4 Å². The lowest BCUT2D eigenvalue weighted by Crippen LogP contribution is -2.11. The van der Waals surface area contributed by atoms with Gasteiger partial charge in [0.15, 0.2) is 0 Å². The third-order valence-corrected chi connectivity index (χ3v) is 5.33. The molecule has 86 valence electrons. The maximum Gasteiger partial charge on any atom is 0.0439 e. The van der Waals surface area contributed by atoms with E-state index in [0.29, 0.717) is 0 Å². The Kier molecular flexibility index (Phi) is 2.00. The fraction of sp³-hybridized carbons (Fsp3) is 0.857. The lowest BCUT2D eigenvalue weighted by atomic mass is 9.98. The van der Waals surface area contributed by atoms with E-state index in [1.54, 1.807) is 0 Å². The second-order valence-corrected chi connectivity index (χ2v) is 6.34. The summed E-state index contributed by atoms with van der Waals surface area (Å²) in [5.74, 6) is 3.55. The van der Waals surface area contributed by atoms with Crippen LogP contribution in [0.25, 0.3) is 0 Å². The van der Waals surface area contributed by atoms with Crippen molar-refractivity contribution < 1.29 is 0 Å². The lowest BCUT2D eigenvalue weighted by molar-refractivity contribution is 0.589. The monoisotopic (exact) mass is 216 g/mol. The number of hydrogen-bond acceptors (Lipinski definition) is 2. The van der Waals surface area contributed by atoms with Gasteiger partial charge in [-0.3, -0.25) is 0 Å². The molecule has 4 rings (SSSR count). The van der Waals surface area contributed by atoms with E-state index < -0.39 is 0 Å². The molecule has 2 heteroatoms. The Hall–Kier alpha value is -0.660. The van der Waals surface area contributed by atoms with Crippen LogP contribution in [0.5, 0.6) is 0 Å². The molecule has 2 nitrogen and oxygen atoms in total. The summed E-state index contributed by atoms with van der Waals surface area (Å²) in [6.07, 6.45) is 11.0. The van der Waals surface area contributed by atoms with Gasteiger partial charge in [-0.1, -0.05) is 0 Å². The molecule has 0 spiro atoms. The molecular weight excluding hydrogens is 196 g/mol. The van der Waals surface area contributed by atoms with Crippen LogP contribution in [0.2, 0.25) is 0 Å². The predicted molar refractivity (Wildman–Crippen MR) is 65.8 cm³/mol. The molecule has 4 unspecified atom stereocenters. The van der Waals surface area contributed by atoms with Crippen molar-refractivity contribution in [2.75, 3.05) is 0 Å². The van der Waals surface area contributed by atoms with Crippen molar-refractivity contribution in [1.29, 1.82) is 0 Å². The number of rotatable bonds is 1. The Morgan fingerprint density at radius 1 is 0.688 bits per heavy atom. The number of hydrogen-bond donors (Lipinski definition) is 0. The zero-order valence-corrected chi connectivity index (χ0v) is 9.86. The standard InChI is InChI=1S/C14H20N2/c1-3-11-5-9(1)7-13(11)15-16-14-8-10-2-4-12(14)6-10/h9-12H,1-8H2. The van der Waals surface area contributed by atoms with E-state index in [0.717, 1.165) is 23.7 Å². The molecule has 0 amide bonds. The third kappa shape index (κ3) is 1.38. The minimum atomic E-state index is 0.813. The molecule has 4 aliphatic carbocycles. The van der Waals surface area contributed by atoms with Gasteiger partial charge in [0.05, 0.1) is 0 Å². The third-order valence-electron chi connectivity index (χ3n) is 5.33. The van der Waals surface area contributed by atoms with Crippen molar-refractivity contribution in [3.05, 3.63) is 0 Å². The summed E-state index contributed by atoms with van der Waals surface area (Å²) in [6.45, 7) is 0. The van der Waals surface area contributed by atoms with E-state index in [4.69, 9.17) is 0 Å². The van der Waals surface area contributed by atoms with E-state index in [9.17, 15) is 0 Å². The van der Waals surface area contributed by atoms with Gasteiger partial charge in [-0.25, -0.2) is 0 Å². The van der Waals surface area contributed by atoms with E-state index >= 15 is 0 Å². The summed E-state index contributed by atoms with van der Waals surface area (Å²) in [5, 5.41) is 9.22. The highest BCUT2D eigenvalue weighted by molar-refractivity contribution is 5.93. The highest BCUT2D eigenvalue weighted by atomic mass is 15.2. The molecule has 0 radical (unpaired) electrons. The van der Waals surface area contributed by atoms with E-state index in [1.165, 1.54) is 62.8 Å². The van der Waals surface area contributed by atoms with Crippen LogP contribution in [-0.4, -0.2) is 11.4 Å². The Morgan fingerprint density at radius 2 is 1.19 bits per heavy atom. The number of nitrogens with zero attached hydrogens (tertiary/aromatic N) is 2. The first-order valence-corrected chi connectivity index (χ1v) is 7.01. The van der Waals surface area contributed by atoms with Crippen molar-refractivity contribution in [1.82, 2.24) is 0 Å². The predicted octanol–water partition coefficient (Wildman–Crippen LogP) is 3.42. The first-order valence-electron chi connectivity index (χ1n) is 7.01. The quantitative estimate of drug-likeness (QED) is 0.600. The van der Waals surface area contributed by atoms with Crippen LogP contribution < -0.4 is 0 Å². The smallest absolute Gasteiger partial charge is 0.0439 e. The number of fused-ring (bicyclic) bond motifs is 4. The van der Waals surface area contributed by atoms with Crippen LogP contribution in [0.1, 0.15) is 51.4 Å².